The van der Waals surface area contributed by atoms with Crippen LogP contribution in [0.2, 0.25) is 0 Å². The lowest BCUT2D eigenvalue weighted by Gasteiger charge is -2.17. The standard InChI is InChI=1S/C18H23N3O3/c1-11(2)17-19-16(20-24-17)10-21-8-14(15(9-21)18(22)23)13-7-5-4-6-12(13)3/h4-7,11,14-15H,8-10H2,1-3H3,(H,22,23)/t14-,15+/m0/s1. The lowest BCUT2D eigenvalue weighted by molar-refractivity contribution is -0.141. The number of carbonyl (C=O) groups is 1. The minimum absolute atomic E-state index is 0.0137. The van der Waals surface area contributed by atoms with E-state index in [0.717, 1.165) is 11.1 Å². The molecule has 0 unspecified atom stereocenters. The summed E-state index contributed by atoms with van der Waals surface area (Å²) in [6, 6.07) is 8.02. The van der Waals surface area contributed by atoms with E-state index >= 15 is 0 Å². The molecule has 2 aromatic rings. The summed E-state index contributed by atoms with van der Waals surface area (Å²) in [6.07, 6.45) is 0. The van der Waals surface area contributed by atoms with Crippen molar-refractivity contribution in [1.82, 2.24) is 15.0 Å². The molecular weight excluding hydrogens is 306 g/mol. The van der Waals surface area contributed by atoms with Gasteiger partial charge in [0, 0.05) is 24.9 Å². The van der Waals surface area contributed by atoms with Crippen molar-refractivity contribution in [2.75, 3.05) is 13.1 Å². The Kier molecular flexibility index (Phi) is 4.66. The predicted octanol–water partition coefficient (Wildman–Crippen LogP) is 2.80. The van der Waals surface area contributed by atoms with Gasteiger partial charge in [-0.2, -0.15) is 4.98 Å². The Hall–Kier alpha value is -2.21. The van der Waals surface area contributed by atoms with Gasteiger partial charge in [-0.3, -0.25) is 9.69 Å². The van der Waals surface area contributed by atoms with Gasteiger partial charge in [0.1, 0.15) is 0 Å². The Morgan fingerprint density at radius 2 is 2.12 bits per heavy atom. The molecule has 6 heteroatoms. The molecule has 3 rings (SSSR count). The predicted molar refractivity (Wildman–Crippen MR) is 88.7 cm³/mol. The molecule has 2 heterocycles. The molecule has 128 valence electrons. The van der Waals surface area contributed by atoms with E-state index in [0.29, 0.717) is 31.3 Å². The molecule has 1 fully saturated rings. The summed E-state index contributed by atoms with van der Waals surface area (Å²) in [5.41, 5.74) is 2.25. The van der Waals surface area contributed by atoms with Crippen molar-refractivity contribution < 1.29 is 14.4 Å². The normalized spacial score (nSPS) is 21.5. The van der Waals surface area contributed by atoms with Crippen molar-refractivity contribution in [1.29, 1.82) is 0 Å². The molecule has 1 saturated heterocycles. The van der Waals surface area contributed by atoms with Crippen molar-refractivity contribution in [2.45, 2.75) is 39.2 Å². The summed E-state index contributed by atoms with van der Waals surface area (Å²) in [7, 11) is 0. The number of rotatable bonds is 5. The number of carboxylic acid groups (broad SMARTS) is 1. The van der Waals surface area contributed by atoms with E-state index in [9.17, 15) is 9.90 Å². The molecule has 0 bridgehead atoms. The highest BCUT2D eigenvalue weighted by atomic mass is 16.5. The fourth-order valence-corrected chi connectivity index (χ4v) is 3.35. The second-order valence-corrected chi connectivity index (χ2v) is 6.81. The molecular formula is C18H23N3O3. The lowest BCUT2D eigenvalue weighted by atomic mass is 9.86. The number of benzene rings is 1. The Labute approximate surface area is 141 Å². The first-order chi connectivity index (χ1) is 11.5. The topological polar surface area (TPSA) is 79.5 Å². The molecule has 24 heavy (non-hydrogen) atoms. The molecule has 0 radical (unpaired) electrons. The van der Waals surface area contributed by atoms with Gasteiger partial charge < -0.3 is 9.63 Å². The summed E-state index contributed by atoms with van der Waals surface area (Å²) in [6.45, 7) is 7.74. The van der Waals surface area contributed by atoms with Crippen LogP contribution in [-0.4, -0.2) is 39.2 Å². The first-order valence-corrected chi connectivity index (χ1v) is 8.29. The number of aliphatic carboxylic acids is 1. The van der Waals surface area contributed by atoms with Gasteiger partial charge in [-0.05, 0) is 18.1 Å². The fourth-order valence-electron chi connectivity index (χ4n) is 3.35. The number of likely N-dealkylation sites (tertiary alicyclic amines) is 1. The van der Waals surface area contributed by atoms with E-state index in [1.54, 1.807) is 0 Å². The second kappa shape index (κ2) is 6.73. The smallest absolute Gasteiger partial charge is 0.308 e. The van der Waals surface area contributed by atoms with Gasteiger partial charge >= 0.3 is 5.97 Å². The van der Waals surface area contributed by atoms with Crippen molar-refractivity contribution in [3.63, 3.8) is 0 Å². The Balaban J connectivity index is 1.77. The first kappa shape index (κ1) is 16.6. The molecule has 2 atom stereocenters. The van der Waals surface area contributed by atoms with E-state index in [1.807, 2.05) is 45.0 Å². The zero-order valence-electron chi connectivity index (χ0n) is 14.3. The molecule has 0 saturated carbocycles. The van der Waals surface area contributed by atoms with Crippen molar-refractivity contribution in [2.24, 2.45) is 5.92 Å². The maximum Gasteiger partial charge on any atom is 0.308 e. The summed E-state index contributed by atoms with van der Waals surface area (Å²) < 4.78 is 5.24. The van der Waals surface area contributed by atoms with Crippen LogP contribution in [0.4, 0.5) is 0 Å². The first-order valence-electron chi connectivity index (χ1n) is 8.29. The fraction of sp³-hybridized carbons (Fsp3) is 0.500. The quantitative estimate of drug-likeness (QED) is 0.908. The van der Waals surface area contributed by atoms with Gasteiger partial charge in [-0.25, -0.2) is 0 Å². The molecule has 1 aromatic carbocycles. The highest BCUT2D eigenvalue weighted by molar-refractivity contribution is 5.72. The van der Waals surface area contributed by atoms with Gasteiger partial charge in [0.05, 0.1) is 12.5 Å². The molecule has 1 N–H and O–H groups in total. The molecule has 6 nitrogen and oxygen atoms in total. The van der Waals surface area contributed by atoms with E-state index in [-0.39, 0.29) is 11.8 Å². The van der Waals surface area contributed by atoms with E-state index in [2.05, 4.69) is 15.0 Å². The van der Waals surface area contributed by atoms with Crippen molar-refractivity contribution in [3.8, 4) is 0 Å². The summed E-state index contributed by atoms with van der Waals surface area (Å²) in [5.74, 6) is 0.253. The zero-order chi connectivity index (χ0) is 17.3. The van der Waals surface area contributed by atoms with Gasteiger partial charge in [0.2, 0.25) is 5.89 Å². The highest BCUT2D eigenvalue weighted by Gasteiger charge is 2.39. The summed E-state index contributed by atoms with van der Waals surface area (Å²) in [4.78, 5) is 18.2. The van der Waals surface area contributed by atoms with Gasteiger partial charge in [-0.1, -0.05) is 43.3 Å². The van der Waals surface area contributed by atoms with Crippen LogP contribution < -0.4 is 0 Å². The average Bonchev–Trinajstić information content (AvgIpc) is 3.15. The van der Waals surface area contributed by atoms with E-state index in [4.69, 9.17) is 4.52 Å². The number of aryl methyl sites for hydroxylation is 1. The second-order valence-electron chi connectivity index (χ2n) is 6.81. The Bertz CT molecular complexity index is 726. The SMILES string of the molecule is Cc1ccccc1[C@@H]1CN(Cc2noc(C(C)C)n2)C[C@H]1C(=O)O. The third-order valence-electron chi connectivity index (χ3n) is 4.64. The molecule has 1 aliphatic heterocycles. The minimum atomic E-state index is -0.748. The van der Waals surface area contributed by atoms with Crippen LogP contribution in [0.15, 0.2) is 28.8 Å². The van der Waals surface area contributed by atoms with Crippen LogP contribution in [0, 0.1) is 12.8 Å². The van der Waals surface area contributed by atoms with Crippen molar-refractivity contribution in [3.05, 3.63) is 47.1 Å². The van der Waals surface area contributed by atoms with E-state index in [1.165, 1.54) is 0 Å². The molecule has 1 aromatic heterocycles. The highest BCUT2D eigenvalue weighted by Crippen LogP contribution is 2.35. The van der Waals surface area contributed by atoms with Gasteiger partial charge in [-0.15, -0.1) is 0 Å². The number of hydrogen-bond donors (Lipinski definition) is 1. The maximum absolute atomic E-state index is 11.7. The van der Waals surface area contributed by atoms with Gasteiger partial charge in [0.25, 0.3) is 0 Å². The van der Waals surface area contributed by atoms with Gasteiger partial charge in [0.15, 0.2) is 5.82 Å². The molecule has 1 aliphatic rings. The number of nitrogens with zero attached hydrogens (tertiary/aromatic N) is 3. The summed E-state index contributed by atoms with van der Waals surface area (Å²) in [5, 5.41) is 13.6. The number of aromatic nitrogens is 2. The molecule has 0 amide bonds. The van der Waals surface area contributed by atoms with Crippen LogP contribution in [0.1, 0.15) is 48.5 Å². The maximum atomic E-state index is 11.7. The molecule has 0 aliphatic carbocycles. The summed E-state index contributed by atoms with van der Waals surface area (Å²) >= 11 is 0. The molecule has 0 spiro atoms. The van der Waals surface area contributed by atoms with Crippen LogP contribution in [0.25, 0.3) is 0 Å². The van der Waals surface area contributed by atoms with Crippen LogP contribution >= 0.6 is 0 Å². The number of hydrogen-bond acceptors (Lipinski definition) is 5. The Morgan fingerprint density at radius 1 is 1.38 bits per heavy atom. The average molecular weight is 329 g/mol. The third kappa shape index (κ3) is 3.33. The van der Waals surface area contributed by atoms with Crippen molar-refractivity contribution >= 4 is 5.97 Å². The monoisotopic (exact) mass is 329 g/mol. The number of carboxylic acids is 1. The minimum Gasteiger partial charge on any atom is -0.481 e. The van der Waals surface area contributed by atoms with Crippen LogP contribution in [-0.2, 0) is 11.3 Å². The lowest BCUT2D eigenvalue weighted by Crippen LogP contribution is -2.23. The van der Waals surface area contributed by atoms with Crippen LogP contribution in [0.3, 0.4) is 0 Å². The van der Waals surface area contributed by atoms with E-state index < -0.39 is 11.9 Å². The largest absolute Gasteiger partial charge is 0.481 e. The third-order valence-corrected chi connectivity index (χ3v) is 4.64. The zero-order valence-corrected chi connectivity index (χ0v) is 14.3. The Morgan fingerprint density at radius 3 is 2.75 bits per heavy atom. The van der Waals surface area contributed by atoms with Crippen LogP contribution in [0.5, 0.6) is 0 Å².